The quantitative estimate of drug-likeness (QED) is 0.491. The molecule has 2 heterocycles. The van der Waals surface area contributed by atoms with Gasteiger partial charge in [0.15, 0.2) is 11.6 Å². The lowest BCUT2D eigenvalue weighted by Crippen LogP contribution is -2.63. The molecule has 0 saturated carbocycles. The molecule has 0 aliphatic carbocycles. The lowest BCUT2D eigenvalue weighted by atomic mass is 9.67. The van der Waals surface area contributed by atoms with Gasteiger partial charge < -0.3 is 15.1 Å². The molecule has 3 atom stereocenters. The highest BCUT2D eigenvalue weighted by molar-refractivity contribution is 6.02. The van der Waals surface area contributed by atoms with E-state index >= 15 is 0 Å². The van der Waals surface area contributed by atoms with Crippen LogP contribution in [-0.2, 0) is 0 Å². The predicted octanol–water partition coefficient (Wildman–Crippen LogP) is 4.26. The van der Waals surface area contributed by atoms with Crippen LogP contribution in [0.3, 0.4) is 0 Å². The van der Waals surface area contributed by atoms with Gasteiger partial charge in [0.05, 0.1) is 0 Å². The first-order valence-corrected chi connectivity index (χ1v) is 12.6. The zero-order chi connectivity index (χ0) is 26.3. The van der Waals surface area contributed by atoms with Crippen molar-refractivity contribution in [3.8, 4) is 11.5 Å². The van der Waals surface area contributed by atoms with Gasteiger partial charge in [0.2, 0.25) is 0 Å². The Morgan fingerprint density at radius 3 is 1.81 bits per heavy atom. The Morgan fingerprint density at radius 1 is 0.811 bits per heavy atom. The molecule has 0 amide bonds. The molecule has 2 fully saturated rings. The summed E-state index contributed by atoms with van der Waals surface area (Å²) in [6.07, 6.45) is 0. The van der Waals surface area contributed by atoms with Crippen LogP contribution in [0.5, 0.6) is 11.5 Å². The maximum absolute atomic E-state index is 14.8. The second kappa shape index (κ2) is 10.1. The van der Waals surface area contributed by atoms with Gasteiger partial charge >= 0.3 is 0 Å². The van der Waals surface area contributed by atoms with Crippen molar-refractivity contribution in [2.45, 2.75) is 18.9 Å². The Kier molecular flexibility index (Phi) is 6.84. The van der Waals surface area contributed by atoms with Crippen LogP contribution >= 0.6 is 0 Å². The molecule has 3 aromatic rings. The highest BCUT2D eigenvalue weighted by Crippen LogP contribution is 2.43. The number of rotatable bonds is 6. The summed E-state index contributed by atoms with van der Waals surface area (Å²) in [5.41, 5.74) is 1.79. The van der Waals surface area contributed by atoms with Gasteiger partial charge in [-0.15, -0.1) is 0 Å². The minimum atomic E-state index is -0.631. The molecular weight excluding hydrogens is 471 g/mol. The standard InChI is InChI=1S/C30H31FN2O4/c1-18-24(10-5-11-27(18)31)28-25(29(36)19-6-3-8-22(34)12-19)16-33(21-14-32(2)15-21)17-26(28)30(37)20-7-4-9-23(35)13-20/h3-13,21,25-26,28,34-35H,14-17H2,1-2H3/t25-,26+,28?. The minimum absolute atomic E-state index is 0.00925. The number of ketones is 2. The summed E-state index contributed by atoms with van der Waals surface area (Å²) in [6.45, 7) is 4.21. The fourth-order valence-electron chi connectivity index (χ4n) is 5.94. The van der Waals surface area contributed by atoms with E-state index in [2.05, 4.69) is 9.80 Å². The van der Waals surface area contributed by atoms with Crippen molar-refractivity contribution in [1.82, 2.24) is 9.80 Å². The number of phenols is 2. The number of carbonyl (C=O) groups excluding carboxylic acids is 2. The van der Waals surface area contributed by atoms with Crippen LogP contribution in [0.25, 0.3) is 0 Å². The third-order valence-electron chi connectivity index (χ3n) is 7.89. The summed E-state index contributed by atoms with van der Waals surface area (Å²) >= 11 is 0. The molecule has 37 heavy (non-hydrogen) atoms. The SMILES string of the molecule is Cc1c(F)cccc1C1[C@@H](C(=O)c2cccc(O)c2)CN(C2CN(C)C2)C[C@H]1C(=O)c1cccc(O)c1. The van der Waals surface area contributed by atoms with Crippen molar-refractivity contribution in [3.05, 3.63) is 94.8 Å². The summed E-state index contributed by atoms with van der Waals surface area (Å²) in [4.78, 5) is 32.5. The van der Waals surface area contributed by atoms with Gasteiger partial charge in [0.25, 0.3) is 0 Å². The molecule has 0 radical (unpaired) electrons. The Hall–Kier alpha value is -3.55. The minimum Gasteiger partial charge on any atom is -0.508 e. The van der Waals surface area contributed by atoms with Crippen molar-refractivity contribution < 1.29 is 24.2 Å². The van der Waals surface area contributed by atoms with E-state index in [1.165, 1.54) is 30.3 Å². The van der Waals surface area contributed by atoms with E-state index in [1.807, 2.05) is 7.05 Å². The number of benzene rings is 3. The normalized spacial score (nSPS) is 22.9. The number of carbonyl (C=O) groups is 2. The lowest BCUT2D eigenvalue weighted by Gasteiger charge is -2.50. The fraction of sp³-hybridized carbons (Fsp3) is 0.333. The van der Waals surface area contributed by atoms with Crippen LogP contribution in [0.15, 0.2) is 66.7 Å². The van der Waals surface area contributed by atoms with Crippen molar-refractivity contribution in [2.24, 2.45) is 11.8 Å². The van der Waals surface area contributed by atoms with Crippen LogP contribution in [0.2, 0.25) is 0 Å². The number of piperidine rings is 1. The number of nitrogens with zero attached hydrogens (tertiary/aromatic N) is 2. The summed E-state index contributed by atoms with van der Waals surface area (Å²) in [7, 11) is 2.03. The Labute approximate surface area is 216 Å². The molecule has 0 bridgehead atoms. The zero-order valence-electron chi connectivity index (χ0n) is 21.0. The molecule has 0 spiro atoms. The average molecular weight is 503 g/mol. The van der Waals surface area contributed by atoms with Gasteiger partial charge in [-0.1, -0.05) is 36.4 Å². The van der Waals surface area contributed by atoms with Crippen LogP contribution in [0.4, 0.5) is 4.39 Å². The lowest BCUT2D eigenvalue weighted by molar-refractivity contribution is 0.00160. The van der Waals surface area contributed by atoms with Crippen molar-refractivity contribution in [1.29, 1.82) is 0 Å². The van der Waals surface area contributed by atoms with Crippen molar-refractivity contribution in [3.63, 3.8) is 0 Å². The molecule has 6 nitrogen and oxygen atoms in total. The predicted molar refractivity (Wildman–Crippen MR) is 139 cm³/mol. The molecular formula is C30H31FN2O4. The molecule has 3 aromatic carbocycles. The Morgan fingerprint density at radius 2 is 1.32 bits per heavy atom. The van der Waals surface area contributed by atoms with Crippen LogP contribution in [0, 0.1) is 24.6 Å². The number of phenolic OH excluding ortho intramolecular Hbond substituents is 2. The monoisotopic (exact) mass is 502 g/mol. The first-order chi connectivity index (χ1) is 17.7. The largest absolute Gasteiger partial charge is 0.508 e. The van der Waals surface area contributed by atoms with Crippen LogP contribution in [0.1, 0.15) is 37.8 Å². The van der Waals surface area contributed by atoms with E-state index in [9.17, 15) is 24.2 Å². The third-order valence-corrected chi connectivity index (χ3v) is 7.89. The summed E-state index contributed by atoms with van der Waals surface area (Å²) in [5, 5.41) is 20.1. The molecule has 5 rings (SSSR count). The highest BCUT2D eigenvalue weighted by atomic mass is 19.1. The zero-order valence-corrected chi connectivity index (χ0v) is 21.0. The molecule has 1 unspecified atom stereocenters. The number of halogens is 1. The number of hydrogen-bond acceptors (Lipinski definition) is 6. The van der Waals surface area contributed by atoms with Gasteiger partial charge in [0.1, 0.15) is 17.3 Å². The number of likely N-dealkylation sites (tertiary alicyclic amines) is 2. The van der Waals surface area contributed by atoms with E-state index < -0.39 is 17.8 Å². The van der Waals surface area contributed by atoms with E-state index in [4.69, 9.17) is 0 Å². The van der Waals surface area contributed by atoms with Crippen molar-refractivity contribution in [2.75, 3.05) is 33.2 Å². The average Bonchev–Trinajstić information content (AvgIpc) is 2.87. The maximum atomic E-state index is 14.8. The molecule has 2 aliphatic rings. The van der Waals surface area contributed by atoms with Gasteiger partial charge in [-0.25, -0.2) is 4.39 Å². The molecule has 192 valence electrons. The van der Waals surface area contributed by atoms with E-state index in [0.29, 0.717) is 35.3 Å². The molecule has 7 heteroatoms. The topological polar surface area (TPSA) is 81.1 Å². The Balaban J connectivity index is 1.64. The van der Waals surface area contributed by atoms with Gasteiger partial charge in [-0.05, 0) is 55.4 Å². The smallest absolute Gasteiger partial charge is 0.167 e. The number of hydrogen-bond donors (Lipinski definition) is 2. The van der Waals surface area contributed by atoms with Crippen molar-refractivity contribution >= 4 is 11.6 Å². The van der Waals surface area contributed by atoms with Gasteiger partial charge in [-0.3, -0.25) is 14.5 Å². The summed E-state index contributed by atoms with van der Waals surface area (Å²) < 4.78 is 14.8. The van der Waals surface area contributed by atoms with E-state index in [-0.39, 0.29) is 34.9 Å². The maximum Gasteiger partial charge on any atom is 0.167 e. The summed E-state index contributed by atoms with van der Waals surface area (Å²) in [5.74, 6) is -2.61. The number of likely N-dealkylation sites (N-methyl/N-ethyl adjacent to an activating group) is 1. The Bertz CT molecular complexity index is 1270. The van der Waals surface area contributed by atoms with Crippen LogP contribution < -0.4 is 0 Å². The second-order valence-electron chi connectivity index (χ2n) is 10.4. The second-order valence-corrected chi connectivity index (χ2v) is 10.4. The highest BCUT2D eigenvalue weighted by Gasteiger charge is 2.48. The molecule has 2 N–H and O–H groups in total. The molecule has 2 saturated heterocycles. The van der Waals surface area contributed by atoms with E-state index in [0.717, 1.165) is 13.1 Å². The van der Waals surface area contributed by atoms with Gasteiger partial charge in [0, 0.05) is 61.1 Å². The number of aromatic hydroxyl groups is 2. The third kappa shape index (κ3) is 4.89. The first kappa shape index (κ1) is 25.1. The molecule has 2 aliphatic heterocycles. The molecule has 0 aromatic heterocycles. The summed E-state index contributed by atoms with van der Waals surface area (Å²) in [6, 6.07) is 17.5. The van der Waals surface area contributed by atoms with E-state index in [1.54, 1.807) is 43.3 Å². The van der Waals surface area contributed by atoms with Gasteiger partial charge in [-0.2, -0.15) is 0 Å². The first-order valence-electron chi connectivity index (χ1n) is 12.6. The fourth-order valence-corrected chi connectivity index (χ4v) is 5.94. The number of Topliss-reactive ketones (excluding diaryl/α,β-unsaturated/α-hetero) is 2. The van der Waals surface area contributed by atoms with Crippen LogP contribution in [-0.4, -0.2) is 70.8 Å².